The fraction of sp³-hybridized carbons (Fsp3) is 0.154. The number of benzene rings is 3. The van der Waals surface area contributed by atoms with Crippen LogP contribution in [0.5, 0.6) is 34.5 Å². The molecule has 4 rings (SSSR count). The number of fused-ring (bicyclic) bond motifs is 1. The third-order valence-electron chi connectivity index (χ3n) is 5.23. The monoisotopic (exact) mass is 540 g/mol. The average Bonchev–Trinajstić information content (AvgIpc) is 3.17. The Morgan fingerprint density at radius 1 is 0.857 bits per heavy atom. The van der Waals surface area contributed by atoms with Crippen LogP contribution in [0.1, 0.15) is 26.3 Å². The van der Waals surface area contributed by atoms with E-state index in [0.29, 0.717) is 34.1 Å². The Morgan fingerprint density at radius 2 is 1.54 bits per heavy atom. The maximum atomic E-state index is 12.8. The van der Waals surface area contributed by atoms with Gasteiger partial charge in [-0.3, -0.25) is 4.79 Å². The Morgan fingerprint density at radius 3 is 2.17 bits per heavy atom. The van der Waals surface area contributed by atoms with E-state index in [0.717, 1.165) is 4.47 Å². The van der Waals surface area contributed by atoms with E-state index < -0.39 is 5.97 Å². The van der Waals surface area contributed by atoms with Crippen molar-refractivity contribution in [3.63, 3.8) is 0 Å². The van der Waals surface area contributed by atoms with Gasteiger partial charge in [-0.15, -0.1) is 0 Å². The molecule has 0 atom stereocenters. The van der Waals surface area contributed by atoms with Crippen molar-refractivity contribution in [1.82, 2.24) is 0 Å². The van der Waals surface area contributed by atoms with Crippen molar-refractivity contribution in [1.29, 1.82) is 0 Å². The van der Waals surface area contributed by atoms with Gasteiger partial charge in [-0.2, -0.15) is 0 Å². The van der Waals surface area contributed by atoms with Crippen LogP contribution in [0.25, 0.3) is 6.08 Å². The average molecular weight is 541 g/mol. The Bertz CT molecular complexity index is 1320. The quantitative estimate of drug-likeness (QED) is 0.226. The van der Waals surface area contributed by atoms with Gasteiger partial charge in [0.15, 0.2) is 17.3 Å². The third-order valence-corrected chi connectivity index (χ3v) is 5.72. The second-order valence-electron chi connectivity index (χ2n) is 7.29. The molecule has 8 nitrogen and oxygen atoms in total. The number of allylic oxidation sites excluding steroid dienone is 1. The van der Waals surface area contributed by atoms with Crippen LogP contribution in [-0.2, 0) is 0 Å². The van der Waals surface area contributed by atoms with Gasteiger partial charge in [0.05, 0.1) is 39.6 Å². The van der Waals surface area contributed by atoms with Gasteiger partial charge in [-0.25, -0.2) is 4.79 Å². The summed E-state index contributed by atoms with van der Waals surface area (Å²) in [7, 11) is 5.93. The van der Waals surface area contributed by atoms with Gasteiger partial charge in [0.25, 0.3) is 0 Å². The number of methoxy groups -OCH3 is 4. The number of hydrogen-bond acceptors (Lipinski definition) is 8. The van der Waals surface area contributed by atoms with Crippen LogP contribution in [0.3, 0.4) is 0 Å². The Hall–Kier alpha value is -3.98. The molecule has 0 fully saturated rings. The molecule has 3 aromatic carbocycles. The minimum Gasteiger partial charge on any atom is -0.496 e. The lowest BCUT2D eigenvalue weighted by Gasteiger charge is -2.13. The molecule has 0 unspecified atom stereocenters. The number of carbonyl (C=O) groups is 2. The summed E-state index contributed by atoms with van der Waals surface area (Å²) >= 11 is 3.41. The zero-order valence-electron chi connectivity index (χ0n) is 19.3. The molecule has 35 heavy (non-hydrogen) atoms. The van der Waals surface area contributed by atoms with E-state index in [1.54, 1.807) is 25.3 Å². The molecule has 0 radical (unpaired) electrons. The van der Waals surface area contributed by atoms with Crippen LogP contribution in [0.2, 0.25) is 0 Å². The second-order valence-corrected chi connectivity index (χ2v) is 8.20. The minimum atomic E-state index is -0.650. The van der Waals surface area contributed by atoms with Crippen molar-refractivity contribution in [2.45, 2.75) is 0 Å². The molecule has 1 aliphatic heterocycles. The number of rotatable bonds is 7. The Kier molecular flexibility index (Phi) is 6.97. The Balaban J connectivity index is 1.59. The smallest absolute Gasteiger partial charge is 0.343 e. The highest BCUT2D eigenvalue weighted by atomic mass is 79.9. The topological polar surface area (TPSA) is 89.5 Å². The van der Waals surface area contributed by atoms with Crippen LogP contribution in [0.4, 0.5) is 0 Å². The van der Waals surface area contributed by atoms with Crippen LogP contribution in [-0.4, -0.2) is 40.2 Å². The number of hydrogen-bond donors (Lipinski definition) is 0. The first-order valence-corrected chi connectivity index (χ1v) is 11.1. The lowest BCUT2D eigenvalue weighted by Crippen LogP contribution is -2.09. The molecule has 0 aliphatic carbocycles. The number of Topliss-reactive ketones (excluding diaryl/α,β-unsaturated/α-hetero) is 1. The van der Waals surface area contributed by atoms with Crippen molar-refractivity contribution in [2.24, 2.45) is 0 Å². The van der Waals surface area contributed by atoms with Gasteiger partial charge in [-0.1, -0.05) is 15.9 Å². The number of ether oxygens (including phenoxy) is 6. The normalized spacial score (nSPS) is 13.2. The van der Waals surface area contributed by atoms with Crippen LogP contribution in [0, 0.1) is 0 Å². The molecule has 0 spiro atoms. The second kappa shape index (κ2) is 10.1. The molecule has 0 bridgehead atoms. The van der Waals surface area contributed by atoms with E-state index in [4.69, 9.17) is 28.4 Å². The van der Waals surface area contributed by atoms with E-state index >= 15 is 0 Å². The van der Waals surface area contributed by atoms with Crippen LogP contribution < -0.4 is 28.4 Å². The summed E-state index contributed by atoms with van der Waals surface area (Å²) in [5.74, 6) is 1.27. The number of carbonyl (C=O) groups excluding carboxylic acids is 2. The van der Waals surface area contributed by atoms with Gasteiger partial charge in [0.2, 0.25) is 11.5 Å². The fourth-order valence-electron chi connectivity index (χ4n) is 3.55. The number of halogens is 1. The van der Waals surface area contributed by atoms with E-state index in [-0.39, 0.29) is 28.6 Å². The molecule has 180 valence electrons. The molecule has 0 aromatic heterocycles. The zero-order chi connectivity index (χ0) is 25.1. The first-order valence-electron chi connectivity index (χ1n) is 10.3. The molecule has 0 N–H and O–H groups in total. The van der Waals surface area contributed by atoms with Crippen molar-refractivity contribution in [2.75, 3.05) is 28.4 Å². The molecule has 1 aliphatic rings. The maximum absolute atomic E-state index is 12.8. The summed E-state index contributed by atoms with van der Waals surface area (Å²) in [6.07, 6.45) is 1.60. The molecule has 3 aromatic rings. The summed E-state index contributed by atoms with van der Waals surface area (Å²) in [5, 5.41) is 0. The van der Waals surface area contributed by atoms with E-state index in [1.165, 1.54) is 45.6 Å². The van der Waals surface area contributed by atoms with E-state index in [9.17, 15) is 9.59 Å². The highest BCUT2D eigenvalue weighted by Crippen LogP contribution is 2.39. The zero-order valence-corrected chi connectivity index (χ0v) is 20.9. The van der Waals surface area contributed by atoms with Crippen molar-refractivity contribution >= 4 is 33.8 Å². The molecule has 9 heteroatoms. The largest absolute Gasteiger partial charge is 0.496 e. The summed E-state index contributed by atoms with van der Waals surface area (Å²) in [6.45, 7) is 0. The third kappa shape index (κ3) is 4.81. The molecule has 0 amide bonds. The standard InChI is InChI=1S/C26H21BrO8/c1-30-19-8-5-16(27)9-14(19)10-21-24(28)18-7-6-17(13-20(18)35-21)34-26(29)15-11-22(31-2)25(33-4)23(12-15)32-3/h5-13H,1-4H3. The first kappa shape index (κ1) is 24.2. The van der Waals surface area contributed by atoms with Gasteiger partial charge < -0.3 is 28.4 Å². The van der Waals surface area contributed by atoms with Gasteiger partial charge in [0, 0.05) is 16.1 Å². The SMILES string of the molecule is COc1ccc(Br)cc1C=C1Oc2cc(OC(=O)c3cc(OC)c(OC)c(OC)c3)ccc2C1=O. The van der Waals surface area contributed by atoms with Gasteiger partial charge in [-0.05, 0) is 48.5 Å². The lowest BCUT2D eigenvalue weighted by molar-refractivity contribution is 0.0733. The summed E-state index contributed by atoms with van der Waals surface area (Å²) in [5.41, 5.74) is 1.23. The highest BCUT2D eigenvalue weighted by molar-refractivity contribution is 9.10. The minimum absolute atomic E-state index is 0.129. The predicted molar refractivity (Wildman–Crippen MR) is 131 cm³/mol. The maximum Gasteiger partial charge on any atom is 0.343 e. The fourth-order valence-corrected chi connectivity index (χ4v) is 3.93. The van der Waals surface area contributed by atoms with Crippen LogP contribution in [0.15, 0.2) is 58.8 Å². The molecule has 1 heterocycles. The van der Waals surface area contributed by atoms with E-state index in [1.807, 2.05) is 12.1 Å². The van der Waals surface area contributed by atoms with Gasteiger partial charge >= 0.3 is 5.97 Å². The van der Waals surface area contributed by atoms with Gasteiger partial charge in [0.1, 0.15) is 17.2 Å². The number of esters is 1. The van der Waals surface area contributed by atoms with Crippen molar-refractivity contribution in [3.8, 4) is 34.5 Å². The number of ketones is 1. The Labute approximate surface area is 210 Å². The van der Waals surface area contributed by atoms with Crippen molar-refractivity contribution in [3.05, 3.63) is 75.5 Å². The highest BCUT2D eigenvalue weighted by Gasteiger charge is 2.29. The molecular formula is C26H21BrO8. The van der Waals surface area contributed by atoms with E-state index in [2.05, 4.69) is 15.9 Å². The summed E-state index contributed by atoms with van der Waals surface area (Å²) < 4.78 is 33.3. The summed E-state index contributed by atoms with van der Waals surface area (Å²) in [6, 6.07) is 13.0. The molecular weight excluding hydrogens is 520 g/mol. The predicted octanol–water partition coefficient (Wildman–Crippen LogP) is 5.32. The molecule has 0 saturated heterocycles. The summed E-state index contributed by atoms with van der Waals surface area (Å²) in [4.78, 5) is 25.7. The lowest BCUT2D eigenvalue weighted by atomic mass is 10.1. The molecule has 0 saturated carbocycles. The van der Waals surface area contributed by atoms with Crippen LogP contribution >= 0.6 is 15.9 Å². The van der Waals surface area contributed by atoms with Crippen molar-refractivity contribution < 1.29 is 38.0 Å². The first-order chi connectivity index (χ1) is 16.9.